The number of carbonyl (C=O) groups excluding carboxylic acids is 2. The Kier molecular flexibility index (Phi) is 18.6. The number of hydrogen-bond acceptors (Lipinski definition) is 14. The number of carbonyl (C=O) groups is 2. The molecule has 6 atom stereocenters. The van der Waals surface area contributed by atoms with Crippen LogP contribution in [0.15, 0.2) is 96.2 Å². The molecule has 2 amide bonds. The van der Waals surface area contributed by atoms with Gasteiger partial charge in [0.15, 0.2) is 5.75 Å². The zero-order valence-corrected chi connectivity index (χ0v) is 48.6. The van der Waals surface area contributed by atoms with E-state index in [1.54, 1.807) is 55.4 Å². The van der Waals surface area contributed by atoms with E-state index in [4.69, 9.17) is 29.3 Å². The Bertz CT molecular complexity index is 3460. The molecular formula is C64H74F3N11O6. The number of likely N-dealkylation sites (tertiary alicyclic amines) is 1. The van der Waals surface area contributed by atoms with E-state index in [0.29, 0.717) is 57.7 Å². The summed E-state index contributed by atoms with van der Waals surface area (Å²) in [7, 11) is 3.40. The molecule has 3 saturated heterocycles. The van der Waals surface area contributed by atoms with Crippen molar-refractivity contribution >= 4 is 35.3 Å². The lowest BCUT2D eigenvalue weighted by molar-refractivity contribution is -0.137. The van der Waals surface area contributed by atoms with Crippen LogP contribution in [-0.4, -0.2) is 125 Å². The van der Waals surface area contributed by atoms with Crippen molar-refractivity contribution in [2.75, 3.05) is 51.9 Å². The first-order chi connectivity index (χ1) is 40.7. The van der Waals surface area contributed by atoms with Crippen molar-refractivity contribution in [2.45, 2.75) is 122 Å². The summed E-state index contributed by atoms with van der Waals surface area (Å²) in [6.45, 7) is 12.6. The van der Waals surface area contributed by atoms with Gasteiger partial charge in [0.25, 0.3) is 0 Å². The predicted octanol–water partition coefficient (Wildman–Crippen LogP) is 9.99. The molecule has 7 aromatic rings. The lowest BCUT2D eigenvalue weighted by Gasteiger charge is -2.34. The topological polar surface area (TPSA) is 193 Å². The lowest BCUT2D eigenvalue weighted by Crippen LogP contribution is -2.51. The molecule has 3 aliphatic heterocycles. The molecule has 4 aliphatic rings. The second kappa shape index (κ2) is 26.3. The fourth-order valence-electron chi connectivity index (χ4n) is 11.8. The average molecular weight is 1150 g/mol. The van der Waals surface area contributed by atoms with Crippen LogP contribution in [0.2, 0.25) is 0 Å². The number of amides is 2. The van der Waals surface area contributed by atoms with Crippen LogP contribution in [0.3, 0.4) is 0 Å². The summed E-state index contributed by atoms with van der Waals surface area (Å²) in [5, 5.41) is 29.6. The minimum atomic E-state index is -0.637. The number of anilines is 1. The molecule has 4 N–H and O–H groups in total. The third-order valence-electron chi connectivity index (χ3n) is 16.5. The van der Waals surface area contributed by atoms with Crippen molar-refractivity contribution in [3.05, 3.63) is 136 Å². The Morgan fingerprint density at radius 1 is 0.881 bits per heavy atom. The molecule has 442 valence electrons. The highest BCUT2D eigenvalue weighted by atomic mass is 19.1. The van der Waals surface area contributed by atoms with E-state index in [9.17, 15) is 18.4 Å². The highest BCUT2D eigenvalue weighted by Gasteiger charge is 2.38. The molecule has 2 aromatic heterocycles. The SMILES string of the molecule is CN/N=C\c1ccc(F)c(C)c1-c1c(C2CC2)cc2c(N3CC4CCC(C3)N4)nc(OC[C@H](C)OC)nc2c1OCc1ccc(-c2cn(C(C(=O)N3CCCC3C)C(C)C)nn2)cc1.O=CNC(CO)c1ccc(-c2c(F)cccc2F)cc1. The minimum Gasteiger partial charge on any atom is -0.486 e. The quantitative estimate of drug-likeness (QED) is 0.0302. The standard InChI is InChI=1S/C49H61FN10O4.C15H13F2NO2/c1-28(2)45(48(61)59-20-8-9-29(59)3)60-25-41(56-57-60)34-12-10-32(11-13-34)27-63-46-43(42-31(5)40(50)19-16-35(42)22-52-51-6)38(33-14-15-33)21-39-44(46)54-49(64-26-30(4)62-7)55-47(39)58-23-36-17-18-37(24-58)53-36;16-12-2-1-3-13(17)15(12)11-6-4-10(5-7-11)14(8-19)18-9-20/h10-13,16,19,21-22,25,28-30,33,36-37,45,51,53H,8-9,14-15,17-18,20,23-24,26-27H2,1-7H3;1-7,9,14,19H,8H2,(H,18,20)/b52-22-;/t29?,30-,36?,37?,45?;/m0./s1. The van der Waals surface area contributed by atoms with E-state index < -0.39 is 23.7 Å². The summed E-state index contributed by atoms with van der Waals surface area (Å²) >= 11 is 0. The van der Waals surface area contributed by atoms with Crippen molar-refractivity contribution in [2.24, 2.45) is 11.0 Å². The first-order valence-corrected chi connectivity index (χ1v) is 29.0. The van der Waals surface area contributed by atoms with E-state index >= 15 is 4.39 Å². The van der Waals surface area contributed by atoms with Crippen LogP contribution in [0.5, 0.6) is 11.8 Å². The van der Waals surface area contributed by atoms with Gasteiger partial charge in [0.2, 0.25) is 12.3 Å². The van der Waals surface area contributed by atoms with Gasteiger partial charge in [-0.15, -0.1) is 5.10 Å². The second-order valence-corrected chi connectivity index (χ2v) is 22.7. The molecular weight excluding hydrogens is 1080 g/mol. The van der Waals surface area contributed by atoms with Crippen LogP contribution < -0.4 is 30.4 Å². The molecule has 17 nitrogen and oxygen atoms in total. The van der Waals surface area contributed by atoms with Gasteiger partial charge >= 0.3 is 6.01 Å². The predicted molar refractivity (Wildman–Crippen MR) is 317 cm³/mol. The first kappa shape index (κ1) is 59.2. The Morgan fingerprint density at radius 2 is 1.60 bits per heavy atom. The summed E-state index contributed by atoms with van der Waals surface area (Å²) in [4.78, 5) is 38.7. The Hall–Kier alpha value is -7.94. The lowest BCUT2D eigenvalue weighted by atomic mass is 9.87. The first-order valence-electron chi connectivity index (χ1n) is 29.0. The van der Waals surface area contributed by atoms with E-state index in [1.165, 1.54) is 24.3 Å². The molecule has 5 heterocycles. The fourth-order valence-corrected chi connectivity index (χ4v) is 11.8. The summed E-state index contributed by atoms with van der Waals surface area (Å²) < 4.78 is 63.8. The monoisotopic (exact) mass is 1150 g/mol. The van der Waals surface area contributed by atoms with Gasteiger partial charge in [0.05, 0.1) is 36.7 Å². The van der Waals surface area contributed by atoms with Gasteiger partial charge in [-0.2, -0.15) is 15.1 Å². The Balaban J connectivity index is 0.000000332. The van der Waals surface area contributed by atoms with Crippen molar-refractivity contribution in [1.82, 2.24) is 45.9 Å². The van der Waals surface area contributed by atoms with E-state index in [2.05, 4.69) is 63.2 Å². The third-order valence-corrected chi connectivity index (χ3v) is 16.5. The number of nitrogens with one attached hydrogen (secondary N) is 3. The Morgan fingerprint density at radius 3 is 2.23 bits per heavy atom. The number of aliphatic hydroxyl groups excluding tert-OH is 1. The van der Waals surface area contributed by atoms with Crippen LogP contribution in [0.4, 0.5) is 19.0 Å². The van der Waals surface area contributed by atoms with Crippen molar-refractivity contribution in [3.8, 4) is 45.3 Å². The number of ether oxygens (including phenoxy) is 3. The van der Waals surface area contributed by atoms with Crippen molar-refractivity contribution in [3.63, 3.8) is 0 Å². The largest absolute Gasteiger partial charge is 0.486 e. The summed E-state index contributed by atoms with van der Waals surface area (Å²) in [6.07, 6.45) is 10.2. The number of halogens is 3. The highest BCUT2D eigenvalue weighted by Crippen LogP contribution is 2.53. The minimum absolute atomic E-state index is 0.0430. The average Bonchev–Trinajstić information content (AvgIpc) is 3.43. The molecule has 5 unspecified atom stereocenters. The summed E-state index contributed by atoms with van der Waals surface area (Å²) in [5.74, 6) is 0.152. The van der Waals surface area contributed by atoms with Crippen LogP contribution >= 0.6 is 0 Å². The maximum atomic E-state index is 15.9. The molecule has 0 spiro atoms. The molecule has 0 radical (unpaired) electrons. The fraction of sp³-hybridized carbons (Fsp3) is 0.422. The number of piperazine rings is 1. The number of benzene rings is 5. The maximum Gasteiger partial charge on any atom is 0.319 e. The van der Waals surface area contributed by atoms with E-state index in [-0.39, 0.29) is 67.1 Å². The van der Waals surface area contributed by atoms with Gasteiger partial charge in [-0.05, 0) is 129 Å². The third kappa shape index (κ3) is 12.9. The maximum absolute atomic E-state index is 15.9. The van der Waals surface area contributed by atoms with Crippen LogP contribution in [-0.2, 0) is 20.9 Å². The van der Waals surface area contributed by atoms with Gasteiger partial charge in [-0.25, -0.2) is 17.9 Å². The van der Waals surface area contributed by atoms with Crippen molar-refractivity contribution in [1.29, 1.82) is 0 Å². The number of aliphatic hydroxyl groups is 1. The number of aromatic nitrogens is 5. The van der Waals surface area contributed by atoms with Crippen LogP contribution in [0.25, 0.3) is 44.4 Å². The normalized spacial score (nSPS) is 18.6. The number of nitrogens with zero attached hydrogens (tertiary/aromatic N) is 8. The van der Waals surface area contributed by atoms with Gasteiger partial charge in [-0.1, -0.05) is 73.7 Å². The molecule has 20 heteroatoms. The smallest absolute Gasteiger partial charge is 0.319 e. The highest BCUT2D eigenvalue weighted by molar-refractivity contribution is 6.04. The molecule has 5 aromatic carbocycles. The zero-order valence-electron chi connectivity index (χ0n) is 48.6. The van der Waals surface area contributed by atoms with Gasteiger partial charge in [0.1, 0.15) is 53.7 Å². The van der Waals surface area contributed by atoms with Gasteiger partial charge < -0.3 is 45.2 Å². The van der Waals surface area contributed by atoms with E-state index in [1.807, 2.05) is 49.2 Å². The second-order valence-electron chi connectivity index (χ2n) is 22.7. The molecule has 1 saturated carbocycles. The number of fused-ring (bicyclic) bond motifs is 3. The molecule has 11 rings (SSSR count). The van der Waals surface area contributed by atoms with Gasteiger partial charge in [0, 0.05) is 79.6 Å². The molecule has 1 aliphatic carbocycles. The zero-order chi connectivity index (χ0) is 59.2. The molecule has 2 bridgehead atoms. The summed E-state index contributed by atoms with van der Waals surface area (Å²) in [5.41, 5.74) is 10.7. The van der Waals surface area contributed by atoms with Crippen LogP contribution in [0, 0.1) is 30.3 Å². The Labute approximate surface area is 488 Å². The van der Waals surface area contributed by atoms with Crippen LogP contribution in [0.1, 0.15) is 112 Å². The van der Waals surface area contributed by atoms with Gasteiger partial charge in [-0.3, -0.25) is 9.59 Å². The molecule has 84 heavy (non-hydrogen) atoms. The number of methoxy groups -OCH3 is 1. The van der Waals surface area contributed by atoms with Crippen molar-refractivity contribution < 1.29 is 42.1 Å². The number of rotatable bonds is 21. The number of hydrogen-bond donors (Lipinski definition) is 4. The number of hydrazone groups is 1. The molecule has 4 fully saturated rings. The summed E-state index contributed by atoms with van der Waals surface area (Å²) in [6, 6.07) is 23.8. The van der Waals surface area contributed by atoms with E-state index in [0.717, 1.165) is 97.2 Å².